The Labute approximate surface area is 165 Å². The van der Waals surface area contributed by atoms with E-state index in [9.17, 15) is 14.9 Å². The van der Waals surface area contributed by atoms with Crippen LogP contribution in [0.15, 0.2) is 84.0 Å². The molecule has 0 saturated heterocycles. The number of para-hydroxylation sites is 1. The molecule has 4 rings (SSSR count). The standard InChI is InChI=1S/C22H16N4O3/c27-22(25-23-14-15-7-6-10-17(13-15)26(28)29)21-20(16-8-2-1-3-9-16)18-11-4-5-12-19(18)24-21/h1-14,24H,(H,25,27). The molecule has 1 aromatic heterocycles. The van der Waals surface area contributed by atoms with Gasteiger partial charge in [-0.05, 0) is 11.6 Å². The fraction of sp³-hybridized carbons (Fsp3) is 0. The van der Waals surface area contributed by atoms with Crippen molar-refractivity contribution in [3.8, 4) is 11.1 Å². The molecule has 0 aliphatic heterocycles. The fourth-order valence-electron chi connectivity index (χ4n) is 3.16. The van der Waals surface area contributed by atoms with Crippen LogP contribution in [0.25, 0.3) is 22.0 Å². The molecule has 2 N–H and O–H groups in total. The van der Waals surface area contributed by atoms with Crippen molar-refractivity contribution in [3.63, 3.8) is 0 Å². The van der Waals surface area contributed by atoms with Crippen LogP contribution in [0.1, 0.15) is 16.1 Å². The number of nitrogens with one attached hydrogen (secondary N) is 2. The molecule has 29 heavy (non-hydrogen) atoms. The highest BCUT2D eigenvalue weighted by molar-refractivity contribution is 6.09. The van der Waals surface area contributed by atoms with E-state index < -0.39 is 10.8 Å². The van der Waals surface area contributed by atoms with E-state index in [0.717, 1.165) is 22.0 Å². The van der Waals surface area contributed by atoms with Crippen LogP contribution < -0.4 is 5.43 Å². The van der Waals surface area contributed by atoms with Crippen LogP contribution in [0.2, 0.25) is 0 Å². The Morgan fingerprint density at radius 3 is 2.55 bits per heavy atom. The van der Waals surface area contributed by atoms with E-state index in [1.165, 1.54) is 18.3 Å². The van der Waals surface area contributed by atoms with Crippen molar-refractivity contribution in [2.24, 2.45) is 5.10 Å². The Kier molecular flexibility index (Phi) is 4.86. The van der Waals surface area contributed by atoms with Gasteiger partial charge in [0.2, 0.25) is 0 Å². The van der Waals surface area contributed by atoms with Crippen LogP contribution in [-0.2, 0) is 0 Å². The second-order valence-corrected chi connectivity index (χ2v) is 6.34. The van der Waals surface area contributed by atoms with E-state index in [0.29, 0.717) is 11.3 Å². The van der Waals surface area contributed by atoms with Crippen molar-refractivity contribution in [3.05, 3.63) is 100 Å². The second-order valence-electron chi connectivity index (χ2n) is 6.34. The number of nitrogens with zero attached hydrogens (tertiary/aromatic N) is 2. The topological polar surface area (TPSA) is 100 Å². The van der Waals surface area contributed by atoms with Gasteiger partial charge in [-0.1, -0.05) is 60.7 Å². The molecule has 3 aromatic carbocycles. The van der Waals surface area contributed by atoms with Gasteiger partial charge in [-0.3, -0.25) is 14.9 Å². The van der Waals surface area contributed by atoms with E-state index in [1.807, 2.05) is 54.6 Å². The SMILES string of the molecule is O=C(NN=Cc1cccc([N+](=O)[O-])c1)c1[nH]c2ccccc2c1-c1ccccc1. The molecule has 1 amide bonds. The number of benzene rings is 3. The third kappa shape index (κ3) is 3.74. The average molecular weight is 384 g/mol. The zero-order valence-corrected chi connectivity index (χ0v) is 15.2. The molecule has 142 valence electrons. The number of nitro groups is 1. The molecule has 0 unspecified atom stereocenters. The molecule has 0 fully saturated rings. The Hall–Kier alpha value is -4.26. The summed E-state index contributed by atoms with van der Waals surface area (Å²) in [6.07, 6.45) is 1.37. The van der Waals surface area contributed by atoms with Crippen LogP contribution in [0.3, 0.4) is 0 Å². The first kappa shape index (κ1) is 18.1. The average Bonchev–Trinajstić information content (AvgIpc) is 3.14. The number of fused-ring (bicyclic) bond motifs is 1. The molecule has 0 bridgehead atoms. The van der Waals surface area contributed by atoms with Crippen molar-refractivity contribution >= 4 is 28.7 Å². The van der Waals surface area contributed by atoms with Gasteiger partial charge in [0, 0.05) is 34.2 Å². The Balaban J connectivity index is 1.64. The number of aromatic amines is 1. The zero-order valence-electron chi connectivity index (χ0n) is 15.2. The first-order valence-corrected chi connectivity index (χ1v) is 8.87. The monoisotopic (exact) mass is 384 g/mol. The van der Waals surface area contributed by atoms with E-state index in [2.05, 4.69) is 15.5 Å². The van der Waals surface area contributed by atoms with Gasteiger partial charge in [0.1, 0.15) is 5.69 Å². The lowest BCUT2D eigenvalue weighted by Crippen LogP contribution is -2.18. The minimum atomic E-state index is -0.480. The number of H-pyrrole nitrogens is 1. The molecule has 0 spiro atoms. The summed E-state index contributed by atoms with van der Waals surface area (Å²) in [5, 5.41) is 15.8. The first-order valence-electron chi connectivity index (χ1n) is 8.87. The Morgan fingerprint density at radius 2 is 1.76 bits per heavy atom. The number of hydrazone groups is 1. The smallest absolute Gasteiger partial charge is 0.288 e. The maximum absolute atomic E-state index is 12.8. The normalized spacial score (nSPS) is 11.0. The van der Waals surface area contributed by atoms with Crippen LogP contribution in [0, 0.1) is 10.1 Å². The van der Waals surface area contributed by atoms with E-state index in [-0.39, 0.29) is 5.69 Å². The van der Waals surface area contributed by atoms with Crippen molar-refractivity contribution < 1.29 is 9.72 Å². The highest BCUT2D eigenvalue weighted by Crippen LogP contribution is 2.32. The zero-order chi connectivity index (χ0) is 20.2. The first-order chi connectivity index (χ1) is 14.1. The van der Waals surface area contributed by atoms with Gasteiger partial charge >= 0.3 is 0 Å². The van der Waals surface area contributed by atoms with Gasteiger partial charge < -0.3 is 4.98 Å². The highest BCUT2D eigenvalue weighted by atomic mass is 16.6. The second kappa shape index (κ2) is 7.77. The number of carbonyl (C=O) groups excluding carboxylic acids is 1. The minimum Gasteiger partial charge on any atom is -0.350 e. The predicted molar refractivity (Wildman–Crippen MR) is 112 cm³/mol. The number of carbonyl (C=O) groups is 1. The molecule has 0 atom stereocenters. The molecule has 0 aliphatic rings. The summed E-state index contributed by atoms with van der Waals surface area (Å²) in [5.74, 6) is -0.401. The Morgan fingerprint density at radius 1 is 1.00 bits per heavy atom. The number of non-ortho nitro benzene ring substituents is 1. The number of amides is 1. The summed E-state index contributed by atoms with van der Waals surface area (Å²) in [7, 11) is 0. The molecule has 7 heteroatoms. The van der Waals surface area contributed by atoms with Gasteiger partial charge in [0.25, 0.3) is 11.6 Å². The number of aromatic nitrogens is 1. The number of rotatable bonds is 5. The molecular formula is C22H16N4O3. The van der Waals surface area contributed by atoms with Gasteiger partial charge in [-0.15, -0.1) is 0 Å². The quantitative estimate of drug-likeness (QED) is 0.301. The molecule has 7 nitrogen and oxygen atoms in total. The van der Waals surface area contributed by atoms with Crippen molar-refractivity contribution in [1.82, 2.24) is 10.4 Å². The lowest BCUT2D eigenvalue weighted by atomic mass is 10.0. The summed E-state index contributed by atoms with van der Waals surface area (Å²) in [6, 6.07) is 23.3. The summed E-state index contributed by atoms with van der Waals surface area (Å²) < 4.78 is 0. The number of hydrogen-bond donors (Lipinski definition) is 2. The van der Waals surface area contributed by atoms with E-state index in [1.54, 1.807) is 12.1 Å². The molecule has 1 heterocycles. The highest BCUT2D eigenvalue weighted by Gasteiger charge is 2.18. The number of hydrogen-bond acceptors (Lipinski definition) is 4. The van der Waals surface area contributed by atoms with E-state index in [4.69, 9.17) is 0 Å². The van der Waals surface area contributed by atoms with Crippen molar-refractivity contribution in [2.45, 2.75) is 0 Å². The van der Waals surface area contributed by atoms with Crippen LogP contribution in [0.4, 0.5) is 5.69 Å². The Bertz CT molecular complexity index is 1230. The maximum Gasteiger partial charge on any atom is 0.288 e. The van der Waals surface area contributed by atoms with Crippen LogP contribution >= 0.6 is 0 Å². The molecule has 0 saturated carbocycles. The molecule has 0 radical (unpaired) electrons. The molecule has 4 aromatic rings. The molecule has 0 aliphatic carbocycles. The van der Waals surface area contributed by atoms with Gasteiger partial charge in [-0.2, -0.15) is 5.10 Å². The van der Waals surface area contributed by atoms with Gasteiger partial charge in [-0.25, -0.2) is 5.43 Å². The van der Waals surface area contributed by atoms with Gasteiger partial charge in [0.15, 0.2) is 0 Å². The summed E-state index contributed by atoms with van der Waals surface area (Å²) in [4.78, 5) is 26.4. The lowest BCUT2D eigenvalue weighted by molar-refractivity contribution is -0.384. The van der Waals surface area contributed by atoms with Crippen molar-refractivity contribution in [2.75, 3.05) is 0 Å². The summed E-state index contributed by atoms with van der Waals surface area (Å²) >= 11 is 0. The lowest BCUT2D eigenvalue weighted by Gasteiger charge is -2.04. The number of nitro benzene ring substituents is 1. The van der Waals surface area contributed by atoms with Crippen LogP contribution in [-0.4, -0.2) is 22.0 Å². The summed E-state index contributed by atoms with van der Waals surface area (Å²) in [5.41, 5.74) is 5.92. The third-order valence-corrected chi connectivity index (χ3v) is 4.46. The van der Waals surface area contributed by atoms with Crippen LogP contribution in [0.5, 0.6) is 0 Å². The fourth-order valence-corrected chi connectivity index (χ4v) is 3.16. The predicted octanol–water partition coefficient (Wildman–Crippen LogP) is 4.51. The minimum absolute atomic E-state index is 0.0396. The summed E-state index contributed by atoms with van der Waals surface area (Å²) in [6.45, 7) is 0. The largest absolute Gasteiger partial charge is 0.350 e. The van der Waals surface area contributed by atoms with E-state index >= 15 is 0 Å². The maximum atomic E-state index is 12.8. The molecular weight excluding hydrogens is 368 g/mol. The van der Waals surface area contributed by atoms with Gasteiger partial charge in [0.05, 0.1) is 11.1 Å². The van der Waals surface area contributed by atoms with Crippen molar-refractivity contribution in [1.29, 1.82) is 0 Å². The third-order valence-electron chi connectivity index (χ3n) is 4.46.